The molecule has 0 bridgehead atoms. The Morgan fingerprint density at radius 1 is 1.45 bits per heavy atom. The van der Waals surface area contributed by atoms with Gasteiger partial charge in [0.15, 0.2) is 5.84 Å². The van der Waals surface area contributed by atoms with Crippen LogP contribution in [-0.2, 0) is 5.75 Å². The molecule has 0 aliphatic rings. The van der Waals surface area contributed by atoms with Crippen LogP contribution in [0.2, 0.25) is 0 Å². The first-order valence-corrected chi connectivity index (χ1v) is 7.70. The van der Waals surface area contributed by atoms with Crippen LogP contribution in [-0.4, -0.2) is 16.0 Å². The first-order valence-electron chi connectivity index (χ1n) is 5.92. The zero-order chi connectivity index (χ0) is 14.5. The smallest absolute Gasteiger partial charge is 0.170 e. The molecule has 0 fully saturated rings. The number of hydrogen-bond acceptors (Lipinski definition) is 4. The van der Waals surface area contributed by atoms with Crippen LogP contribution in [0.1, 0.15) is 16.7 Å². The molecule has 20 heavy (non-hydrogen) atoms. The minimum Gasteiger partial charge on any atom is -0.409 e. The summed E-state index contributed by atoms with van der Waals surface area (Å²) < 4.78 is 0.996. The van der Waals surface area contributed by atoms with Crippen molar-refractivity contribution in [1.82, 2.24) is 4.98 Å². The van der Waals surface area contributed by atoms with Gasteiger partial charge in [-0.05, 0) is 52.2 Å². The summed E-state index contributed by atoms with van der Waals surface area (Å²) in [5, 5.41) is 12.6. The number of aryl methyl sites for hydroxylation is 1. The van der Waals surface area contributed by atoms with E-state index in [1.165, 1.54) is 5.56 Å². The summed E-state index contributed by atoms with van der Waals surface area (Å²) in [6, 6.07) is 9.63. The fourth-order valence-corrected chi connectivity index (χ4v) is 3.25. The standard InChI is InChI=1S/C14H14BrN3OS/c1-9-7-10(13(16)18-19)4-5-11(9)8-20-14-12(15)3-2-6-17-14/h2-7,19H,8H2,1H3,(H2,16,18). The largest absolute Gasteiger partial charge is 0.409 e. The number of nitrogens with two attached hydrogens (primary N) is 1. The number of hydrogen-bond donors (Lipinski definition) is 2. The fourth-order valence-electron chi connectivity index (χ4n) is 1.70. The van der Waals surface area contributed by atoms with Crippen molar-refractivity contribution in [2.45, 2.75) is 17.7 Å². The van der Waals surface area contributed by atoms with Gasteiger partial charge in [0.25, 0.3) is 0 Å². The Balaban J connectivity index is 2.13. The maximum Gasteiger partial charge on any atom is 0.170 e. The summed E-state index contributed by atoms with van der Waals surface area (Å²) >= 11 is 5.15. The van der Waals surface area contributed by atoms with Gasteiger partial charge in [0.1, 0.15) is 5.03 Å². The lowest BCUT2D eigenvalue weighted by atomic mass is 10.1. The second-order valence-electron chi connectivity index (χ2n) is 4.21. The van der Waals surface area contributed by atoms with E-state index in [9.17, 15) is 0 Å². The van der Waals surface area contributed by atoms with E-state index in [1.54, 1.807) is 18.0 Å². The topological polar surface area (TPSA) is 71.5 Å². The predicted molar refractivity (Wildman–Crippen MR) is 85.2 cm³/mol. The van der Waals surface area contributed by atoms with Crippen molar-refractivity contribution in [3.63, 3.8) is 0 Å². The lowest BCUT2D eigenvalue weighted by Crippen LogP contribution is -2.13. The van der Waals surface area contributed by atoms with E-state index in [4.69, 9.17) is 10.9 Å². The monoisotopic (exact) mass is 351 g/mol. The molecule has 2 aromatic rings. The van der Waals surface area contributed by atoms with E-state index in [1.807, 2.05) is 37.3 Å². The van der Waals surface area contributed by atoms with Crippen LogP contribution in [0.25, 0.3) is 0 Å². The van der Waals surface area contributed by atoms with Crippen LogP contribution in [0.4, 0.5) is 0 Å². The highest BCUT2D eigenvalue weighted by molar-refractivity contribution is 9.10. The number of oxime groups is 1. The van der Waals surface area contributed by atoms with E-state index in [-0.39, 0.29) is 5.84 Å². The molecule has 6 heteroatoms. The number of amidine groups is 1. The molecule has 0 atom stereocenters. The number of thioether (sulfide) groups is 1. The summed E-state index contributed by atoms with van der Waals surface area (Å²) in [4.78, 5) is 4.33. The quantitative estimate of drug-likeness (QED) is 0.290. The van der Waals surface area contributed by atoms with Crippen molar-refractivity contribution in [3.8, 4) is 0 Å². The lowest BCUT2D eigenvalue weighted by molar-refractivity contribution is 0.318. The Morgan fingerprint density at radius 2 is 2.25 bits per heavy atom. The average Bonchev–Trinajstić information content (AvgIpc) is 2.46. The summed E-state index contributed by atoms with van der Waals surface area (Å²) in [7, 11) is 0. The minimum atomic E-state index is 0.125. The Bertz CT molecular complexity index is 646. The van der Waals surface area contributed by atoms with Crippen LogP contribution in [0.3, 0.4) is 0 Å². The van der Waals surface area contributed by atoms with Crippen molar-refractivity contribution in [2.24, 2.45) is 10.9 Å². The Morgan fingerprint density at radius 3 is 2.90 bits per heavy atom. The molecule has 0 spiro atoms. The number of aromatic nitrogens is 1. The van der Waals surface area contributed by atoms with E-state index in [0.717, 1.165) is 26.4 Å². The van der Waals surface area contributed by atoms with E-state index < -0.39 is 0 Å². The minimum absolute atomic E-state index is 0.125. The number of halogens is 1. The molecule has 1 aromatic heterocycles. The molecule has 0 aliphatic carbocycles. The molecule has 0 saturated heterocycles. The fraction of sp³-hybridized carbons (Fsp3) is 0.143. The predicted octanol–water partition coefficient (Wildman–Crippen LogP) is 3.54. The van der Waals surface area contributed by atoms with E-state index >= 15 is 0 Å². The highest BCUT2D eigenvalue weighted by Gasteiger charge is 2.06. The number of pyridine rings is 1. The summed E-state index contributed by atoms with van der Waals surface area (Å²) in [6.07, 6.45) is 1.78. The van der Waals surface area contributed by atoms with Crippen molar-refractivity contribution >= 4 is 33.5 Å². The van der Waals surface area contributed by atoms with Gasteiger partial charge >= 0.3 is 0 Å². The van der Waals surface area contributed by atoms with E-state index in [0.29, 0.717) is 0 Å². The third kappa shape index (κ3) is 3.52. The second kappa shape index (κ2) is 6.76. The first-order chi connectivity index (χ1) is 9.61. The number of nitrogens with zero attached hydrogens (tertiary/aromatic N) is 2. The van der Waals surface area contributed by atoms with Crippen LogP contribution in [0.5, 0.6) is 0 Å². The van der Waals surface area contributed by atoms with Crippen molar-refractivity contribution in [3.05, 3.63) is 57.7 Å². The Hall–Kier alpha value is -1.53. The molecule has 104 valence electrons. The van der Waals surface area contributed by atoms with Gasteiger partial charge in [0, 0.05) is 22.0 Å². The molecule has 0 saturated carbocycles. The third-order valence-corrected chi connectivity index (χ3v) is 4.79. The molecule has 0 aliphatic heterocycles. The molecule has 0 unspecified atom stereocenters. The maximum absolute atomic E-state index is 8.68. The van der Waals surface area contributed by atoms with Gasteiger partial charge in [0.2, 0.25) is 0 Å². The zero-order valence-corrected chi connectivity index (χ0v) is 13.3. The van der Waals surface area contributed by atoms with Gasteiger partial charge in [-0.3, -0.25) is 0 Å². The summed E-state index contributed by atoms with van der Waals surface area (Å²) in [5.74, 6) is 0.942. The highest BCUT2D eigenvalue weighted by Crippen LogP contribution is 2.28. The highest BCUT2D eigenvalue weighted by atomic mass is 79.9. The van der Waals surface area contributed by atoms with Gasteiger partial charge in [-0.15, -0.1) is 11.8 Å². The van der Waals surface area contributed by atoms with Gasteiger partial charge in [0.05, 0.1) is 0 Å². The third-order valence-electron chi connectivity index (χ3n) is 2.84. The van der Waals surface area contributed by atoms with Gasteiger partial charge in [-0.25, -0.2) is 4.98 Å². The van der Waals surface area contributed by atoms with Crippen molar-refractivity contribution in [1.29, 1.82) is 0 Å². The Kier molecular flexibility index (Phi) is 5.03. The van der Waals surface area contributed by atoms with Crippen LogP contribution >= 0.6 is 27.7 Å². The lowest BCUT2D eigenvalue weighted by Gasteiger charge is -2.08. The molecule has 1 aromatic carbocycles. The number of rotatable bonds is 4. The Labute approximate surface area is 130 Å². The van der Waals surface area contributed by atoms with E-state index in [2.05, 4.69) is 26.1 Å². The molecule has 1 heterocycles. The SMILES string of the molecule is Cc1cc(/C(N)=N/O)ccc1CSc1ncccc1Br. The summed E-state index contributed by atoms with van der Waals surface area (Å²) in [6.45, 7) is 2.01. The van der Waals surface area contributed by atoms with Gasteiger partial charge < -0.3 is 10.9 Å². The van der Waals surface area contributed by atoms with Crippen molar-refractivity contribution in [2.75, 3.05) is 0 Å². The van der Waals surface area contributed by atoms with Gasteiger partial charge in [-0.1, -0.05) is 17.3 Å². The van der Waals surface area contributed by atoms with Crippen molar-refractivity contribution < 1.29 is 5.21 Å². The molecule has 4 nitrogen and oxygen atoms in total. The van der Waals surface area contributed by atoms with Crippen LogP contribution < -0.4 is 5.73 Å². The molecule has 2 rings (SSSR count). The average molecular weight is 352 g/mol. The molecular weight excluding hydrogens is 338 g/mol. The van der Waals surface area contributed by atoms with Gasteiger partial charge in [-0.2, -0.15) is 0 Å². The first kappa shape index (κ1) is 14.9. The van der Waals surface area contributed by atoms with Crippen LogP contribution in [0.15, 0.2) is 51.2 Å². The molecule has 0 radical (unpaired) electrons. The molecule has 3 N–H and O–H groups in total. The van der Waals surface area contributed by atoms with Crippen LogP contribution in [0, 0.1) is 6.92 Å². The normalized spacial score (nSPS) is 11.6. The second-order valence-corrected chi connectivity index (χ2v) is 6.02. The maximum atomic E-state index is 8.68. The molecule has 0 amide bonds. The number of benzene rings is 1. The summed E-state index contributed by atoms with van der Waals surface area (Å²) in [5.41, 5.74) is 8.60. The molecular formula is C14H14BrN3OS. The zero-order valence-electron chi connectivity index (χ0n) is 10.9.